The molecule has 0 aliphatic heterocycles. The Morgan fingerprint density at radius 3 is 2.46 bits per heavy atom. The molecule has 6 rings (SSSR count). The SMILES string of the molecule is Cc1noc(C)c1-c1nc(Nc2ccc(Oc3ccccc3)cc2)c2ncn(-c3ccsc3)c2n1. The normalized spacial score (nSPS) is 11.1. The third-order valence-corrected chi connectivity index (χ3v) is 6.20. The molecule has 1 N–H and O–H groups in total. The van der Waals surface area contributed by atoms with Crippen molar-refractivity contribution in [3.63, 3.8) is 0 Å². The van der Waals surface area contributed by atoms with Gasteiger partial charge < -0.3 is 14.6 Å². The summed E-state index contributed by atoms with van der Waals surface area (Å²) in [5, 5.41) is 11.6. The molecule has 0 bridgehead atoms. The summed E-state index contributed by atoms with van der Waals surface area (Å²) in [7, 11) is 0. The maximum atomic E-state index is 5.91. The molecule has 0 aliphatic carbocycles. The molecule has 0 saturated heterocycles. The number of fused-ring (bicyclic) bond motifs is 1. The average Bonchev–Trinajstić information content (AvgIpc) is 3.61. The molecule has 172 valence electrons. The van der Waals surface area contributed by atoms with E-state index in [1.165, 1.54) is 0 Å². The number of thiophene rings is 1. The number of nitrogens with one attached hydrogen (secondary N) is 1. The molecule has 8 nitrogen and oxygen atoms in total. The van der Waals surface area contributed by atoms with Crippen molar-refractivity contribution in [1.29, 1.82) is 0 Å². The summed E-state index contributed by atoms with van der Waals surface area (Å²) in [5.41, 5.74) is 4.71. The molecular weight excluding hydrogens is 460 g/mol. The molecule has 0 atom stereocenters. The highest BCUT2D eigenvalue weighted by Crippen LogP contribution is 2.32. The van der Waals surface area contributed by atoms with E-state index in [1.54, 1.807) is 17.7 Å². The van der Waals surface area contributed by atoms with E-state index in [2.05, 4.69) is 20.8 Å². The van der Waals surface area contributed by atoms with Crippen LogP contribution in [0, 0.1) is 13.8 Å². The Labute approximate surface area is 204 Å². The Bertz CT molecular complexity index is 1590. The lowest BCUT2D eigenvalue weighted by Crippen LogP contribution is -2.02. The highest BCUT2D eigenvalue weighted by atomic mass is 32.1. The van der Waals surface area contributed by atoms with Crippen LogP contribution in [-0.4, -0.2) is 24.7 Å². The summed E-state index contributed by atoms with van der Waals surface area (Å²) in [6.07, 6.45) is 1.76. The van der Waals surface area contributed by atoms with Crippen LogP contribution in [0.3, 0.4) is 0 Å². The zero-order valence-corrected chi connectivity index (χ0v) is 19.8. The summed E-state index contributed by atoms with van der Waals surface area (Å²) >= 11 is 1.62. The van der Waals surface area contributed by atoms with Crippen molar-refractivity contribution >= 4 is 34.0 Å². The van der Waals surface area contributed by atoms with Crippen LogP contribution in [0.15, 0.2) is 82.3 Å². The molecule has 0 amide bonds. The van der Waals surface area contributed by atoms with E-state index < -0.39 is 0 Å². The maximum Gasteiger partial charge on any atom is 0.170 e. The van der Waals surface area contributed by atoms with Gasteiger partial charge >= 0.3 is 0 Å². The van der Waals surface area contributed by atoms with Gasteiger partial charge in [-0.25, -0.2) is 15.0 Å². The summed E-state index contributed by atoms with van der Waals surface area (Å²) in [4.78, 5) is 14.3. The molecule has 0 aliphatic rings. The largest absolute Gasteiger partial charge is 0.457 e. The quantitative estimate of drug-likeness (QED) is 0.284. The summed E-state index contributed by atoms with van der Waals surface area (Å²) in [6, 6.07) is 19.4. The number of nitrogens with zero attached hydrogens (tertiary/aromatic N) is 5. The van der Waals surface area contributed by atoms with E-state index in [9.17, 15) is 0 Å². The van der Waals surface area contributed by atoms with Gasteiger partial charge in [-0.3, -0.25) is 4.57 Å². The molecule has 0 unspecified atom stereocenters. The first-order valence-electron chi connectivity index (χ1n) is 11.0. The number of aromatic nitrogens is 5. The van der Waals surface area contributed by atoms with Gasteiger partial charge in [0.1, 0.15) is 23.6 Å². The molecule has 4 heterocycles. The third-order valence-electron chi connectivity index (χ3n) is 5.53. The van der Waals surface area contributed by atoms with Crippen LogP contribution in [0.4, 0.5) is 11.5 Å². The number of imidazole rings is 1. The second kappa shape index (κ2) is 8.69. The lowest BCUT2D eigenvalue weighted by Gasteiger charge is -2.10. The van der Waals surface area contributed by atoms with Crippen molar-refractivity contribution < 1.29 is 9.26 Å². The van der Waals surface area contributed by atoms with Crippen LogP contribution < -0.4 is 10.1 Å². The average molecular weight is 481 g/mol. The molecule has 35 heavy (non-hydrogen) atoms. The highest BCUT2D eigenvalue weighted by Gasteiger charge is 2.20. The monoisotopic (exact) mass is 480 g/mol. The Hall–Kier alpha value is -4.50. The van der Waals surface area contributed by atoms with Crippen molar-refractivity contribution in [3.05, 3.63) is 89.2 Å². The predicted molar refractivity (Wildman–Crippen MR) is 136 cm³/mol. The van der Waals surface area contributed by atoms with Gasteiger partial charge in [0, 0.05) is 11.1 Å². The van der Waals surface area contributed by atoms with Gasteiger partial charge in [-0.15, -0.1) is 0 Å². The van der Waals surface area contributed by atoms with Gasteiger partial charge in [0.2, 0.25) is 0 Å². The Balaban J connectivity index is 1.40. The van der Waals surface area contributed by atoms with Gasteiger partial charge in [-0.05, 0) is 61.7 Å². The molecule has 4 aromatic heterocycles. The second-order valence-electron chi connectivity index (χ2n) is 7.93. The van der Waals surface area contributed by atoms with E-state index in [0.717, 1.165) is 34.1 Å². The Morgan fingerprint density at radius 1 is 0.943 bits per heavy atom. The van der Waals surface area contributed by atoms with Gasteiger partial charge in [0.15, 0.2) is 22.8 Å². The summed E-state index contributed by atoms with van der Waals surface area (Å²) in [6.45, 7) is 3.74. The summed E-state index contributed by atoms with van der Waals surface area (Å²) < 4.78 is 13.2. The predicted octanol–water partition coefficient (Wildman–Crippen LogP) is 6.68. The van der Waals surface area contributed by atoms with Crippen LogP contribution in [0.5, 0.6) is 11.5 Å². The number of anilines is 2. The standard InChI is InChI=1S/C26H20N6O2S/c1-16-22(17(2)34-31-16)24-29-25(23-26(30-24)32(15-27-23)19-12-13-35-14-19)28-18-8-10-21(11-9-18)33-20-6-4-3-5-7-20/h3-15H,1-2H3,(H,28,29,30). The van der Waals surface area contributed by atoms with Crippen LogP contribution >= 0.6 is 11.3 Å². The van der Waals surface area contributed by atoms with Crippen molar-refractivity contribution in [2.45, 2.75) is 13.8 Å². The number of ether oxygens (including phenoxy) is 1. The highest BCUT2D eigenvalue weighted by molar-refractivity contribution is 7.08. The molecule has 0 radical (unpaired) electrons. The lowest BCUT2D eigenvalue weighted by atomic mass is 10.2. The fourth-order valence-electron chi connectivity index (χ4n) is 3.85. The number of para-hydroxylation sites is 1. The van der Waals surface area contributed by atoms with E-state index >= 15 is 0 Å². The fraction of sp³-hybridized carbons (Fsp3) is 0.0769. The zero-order chi connectivity index (χ0) is 23.8. The first kappa shape index (κ1) is 21.1. The minimum absolute atomic E-state index is 0.525. The lowest BCUT2D eigenvalue weighted by molar-refractivity contribution is 0.393. The zero-order valence-electron chi connectivity index (χ0n) is 19.0. The van der Waals surface area contributed by atoms with Crippen molar-refractivity contribution in [2.24, 2.45) is 0 Å². The second-order valence-corrected chi connectivity index (χ2v) is 8.71. The number of aryl methyl sites for hydroxylation is 2. The Morgan fingerprint density at radius 2 is 1.74 bits per heavy atom. The minimum Gasteiger partial charge on any atom is -0.457 e. The Kier molecular flexibility index (Phi) is 5.23. The van der Waals surface area contributed by atoms with Gasteiger partial charge in [-0.1, -0.05) is 23.4 Å². The molecule has 0 spiro atoms. The van der Waals surface area contributed by atoms with Crippen molar-refractivity contribution in [1.82, 2.24) is 24.7 Å². The van der Waals surface area contributed by atoms with Crippen LogP contribution in [0.25, 0.3) is 28.2 Å². The van der Waals surface area contributed by atoms with E-state index in [0.29, 0.717) is 28.6 Å². The topological polar surface area (TPSA) is 90.9 Å². The number of hydrogen-bond donors (Lipinski definition) is 1. The van der Waals surface area contributed by atoms with Crippen LogP contribution in [0.2, 0.25) is 0 Å². The van der Waals surface area contributed by atoms with E-state index in [1.807, 2.05) is 84.5 Å². The number of benzene rings is 2. The first-order valence-corrected chi connectivity index (χ1v) is 11.9. The summed E-state index contributed by atoms with van der Waals surface area (Å²) in [5.74, 6) is 3.31. The van der Waals surface area contributed by atoms with Crippen LogP contribution in [0.1, 0.15) is 11.5 Å². The first-order chi connectivity index (χ1) is 17.2. The van der Waals surface area contributed by atoms with Gasteiger partial charge in [0.25, 0.3) is 0 Å². The molecule has 2 aromatic carbocycles. The molecule has 9 heteroatoms. The van der Waals surface area contributed by atoms with Gasteiger partial charge in [-0.2, -0.15) is 11.3 Å². The van der Waals surface area contributed by atoms with E-state index in [-0.39, 0.29) is 0 Å². The van der Waals surface area contributed by atoms with Crippen molar-refractivity contribution in [3.8, 4) is 28.6 Å². The molecule has 6 aromatic rings. The smallest absolute Gasteiger partial charge is 0.170 e. The molecule has 0 fully saturated rings. The van der Waals surface area contributed by atoms with Crippen LogP contribution in [-0.2, 0) is 0 Å². The van der Waals surface area contributed by atoms with Gasteiger partial charge in [0.05, 0.1) is 16.9 Å². The third kappa shape index (κ3) is 4.02. The molecular formula is C26H20N6O2S. The van der Waals surface area contributed by atoms with Crippen molar-refractivity contribution in [2.75, 3.05) is 5.32 Å². The maximum absolute atomic E-state index is 5.91. The van der Waals surface area contributed by atoms with E-state index in [4.69, 9.17) is 19.2 Å². The fourth-order valence-corrected chi connectivity index (χ4v) is 4.48. The number of hydrogen-bond acceptors (Lipinski definition) is 8. The molecule has 0 saturated carbocycles. The minimum atomic E-state index is 0.525. The number of rotatable bonds is 6.